The highest BCUT2D eigenvalue weighted by atomic mass is 19.3. The Balaban J connectivity index is 2.50. The number of aryl methyl sites for hydroxylation is 1. The molecule has 0 spiro atoms. The third-order valence-electron chi connectivity index (χ3n) is 1.54. The van der Waals surface area contributed by atoms with Gasteiger partial charge in [0.05, 0.1) is 6.54 Å². The molecule has 0 bridgehead atoms. The molecule has 84 valence electrons. The molecule has 0 radical (unpaired) electrons. The summed E-state index contributed by atoms with van der Waals surface area (Å²) in [6.07, 6.45) is 0. The largest absolute Gasteiger partial charge is 0.390 e. The number of halogens is 2. The molecule has 0 saturated carbocycles. The molecule has 0 unspecified atom stereocenters. The molecule has 1 heterocycles. The lowest BCUT2D eigenvalue weighted by Crippen LogP contribution is -2.39. The second-order valence-electron chi connectivity index (χ2n) is 2.94. The smallest absolute Gasteiger partial charge is 0.291 e. The van der Waals surface area contributed by atoms with E-state index in [-0.39, 0.29) is 5.82 Å². The third kappa shape index (κ3) is 3.24. The van der Waals surface area contributed by atoms with E-state index in [0.29, 0.717) is 5.82 Å². The molecule has 8 heteroatoms. The van der Waals surface area contributed by atoms with E-state index in [1.54, 1.807) is 6.92 Å². The number of aromatic nitrogens is 3. The number of carbonyl (C=O) groups is 1. The van der Waals surface area contributed by atoms with Gasteiger partial charge in [0.2, 0.25) is 5.82 Å². The lowest BCUT2D eigenvalue weighted by atomic mass is 10.3. The fourth-order valence-electron chi connectivity index (χ4n) is 0.789. The number of nitrogens with one attached hydrogen (secondary N) is 2. The maximum absolute atomic E-state index is 12.5. The van der Waals surface area contributed by atoms with Crippen LogP contribution < -0.4 is 5.32 Å². The van der Waals surface area contributed by atoms with E-state index in [2.05, 4.69) is 15.2 Å². The lowest BCUT2D eigenvalue weighted by molar-refractivity contribution is -0.0462. The van der Waals surface area contributed by atoms with E-state index in [9.17, 15) is 13.6 Å². The van der Waals surface area contributed by atoms with Crippen LogP contribution in [0.4, 0.5) is 8.78 Å². The van der Waals surface area contributed by atoms with Crippen LogP contribution in [0.15, 0.2) is 0 Å². The second kappa shape index (κ2) is 4.30. The van der Waals surface area contributed by atoms with Crippen molar-refractivity contribution in [1.82, 2.24) is 20.5 Å². The maximum atomic E-state index is 12.5. The highest BCUT2D eigenvalue weighted by Gasteiger charge is 2.28. The molecule has 1 rings (SSSR count). The zero-order valence-electron chi connectivity index (χ0n) is 7.92. The highest BCUT2D eigenvalue weighted by Crippen LogP contribution is 2.09. The van der Waals surface area contributed by atoms with E-state index in [4.69, 9.17) is 5.11 Å². The van der Waals surface area contributed by atoms with Gasteiger partial charge in [-0.05, 0) is 6.92 Å². The number of aliphatic hydroxyl groups is 1. The third-order valence-corrected chi connectivity index (χ3v) is 1.54. The van der Waals surface area contributed by atoms with E-state index in [1.807, 2.05) is 5.32 Å². The Bertz CT molecular complexity index is 353. The quantitative estimate of drug-likeness (QED) is 0.636. The number of nitrogens with zero attached hydrogens (tertiary/aromatic N) is 2. The van der Waals surface area contributed by atoms with Crippen molar-refractivity contribution in [2.24, 2.45) is 0 Å². The van der Waals surface area contributed by atoms with Gasteiger partial charge in [-0.2, -0.15) is 0 Å². The number of aromatic amines is 1. The number of aliphatic hydroxyl groups excluding tert-OH is 1. The summed E-state index contributed by atoms with van der Waals surface area (Å²) in [5.74, 6) is -3.94. The van der Waals surface area contributed by atoms with Crippen molar-refractivity contribution in [1.29, 1.82) is 0 Å². The zero-order chi connectivity index (χ0) is 11.5. The Labute approximate surface area is 83.7 Å². The number of hydrogen-bond acceptors (Lipinski definition) is 4. The summed E-state index contributed by atoms with van der Waals surface area (Å²) in [6.45, 7) is -0.692. The number of carbonyl (C=O) groups excluding carboxylic acids is 1. The van der Waals surface area contributed by atoms with Gasteiger partial charge < -0.3 is 10.4 Å². The topological polar surface area (TPSA) is 90.9 Å². The number of H-pyrrole nitrogens is 1. The second-order valence-corrected chi connectivity index (χ2v) is 2.94. The standard InChI is InChI=1S/C7H10F2N4O2/c1-4-11-5(13-12-4)6(15)10-2-7(8,9)3-14/h14H,2-3H2,1H3,(H,10,15)(H,11,12,13). The van der Waals surface area contributed by atoms with Gasteiger partial charge in [-0.3, -0.25) is 9.89 Å². The van der Waals surface area contributed by atoms with Crippen LogP contribution in [-0.2, 0) is 0 Å². The number of rotatable bonds is 4. The Morgan fingerprint density at radius 2 is 2.33 bits per heavy atom. The predicted octanol–water partition coefficient (Wildman–Crippen LogP) is -0.529. The van der Waals surface area contributed by atoms with Gasteiger partial charge >= 0.3 is 0 Å². The SMILES string of the molecule is Cc1nc(C(=O)NCC(F)(F)CO)n[nH]1. The van der Waals surface area contributed by atoms with Gasteiger partial charge in [0, 0.05) is 0 Å². The van der Waals surface area contributed by atoms with E-state index < -0.39 is 25.0 Å². The molecule has 3 N–H and O–H groups in total. The first kappa shape index (κ1) is 11.5. The minimum Gasteiger partial charge on any atom is -0.390 e. The molecule has 15 heavy (non-hydrogen) atoms. The molecule has 1 aromatic heterocycles. The summed E-state index contributed by atoms with van der Waals surface area (Å²) in [7, 11) is 0. The predicted molar refractivity (Wildman–Crippen MR) is 45.5 cm³/mol. The highest BCUT2D eigenvalue weighted by molar-refractivity contribution is 5.90. The summed E-state index contributed by atoms with van der Waals surface area (Å²) in [4.78, 5) is 14.8. The average Bonchev–Trinajstić information content (AvgIpc) is 2.61. The number of alkyl halides is 2. The fraction of sp³-hybridized carbons (Fsp3) is 0.571. The Morgan fingerprint density at radius 1 is 1.67 bits per heavy atom. The minimum atomic E-state index is -3.33. The molecule has 0 aromatic carbocycles. The molecule has 1 aromatic rings. The first-order valence-corrected chi connectivity index (χ1v) is 4.10. The normalized spacial score (nSPS) is 11.5. The lowest BCUT2D eigenvalue weighted by Gasteiger charge is -2.12. The van der Waals surface area contributed by atoms with Crippen molar-refractivity contribution in [3.8, 4) is 0 Å². The molecule has 0 atom stereocenters. The van der Waals surface area contributed by atoms with E-state index in [1.165, 1.54) is 0 Å². The first-order chi connectivity index (χ1) is 6.94. The van der Waals surface area contributed by atoms with Gasteiger partial charge in [0.25, 0.3) is 11.8 Å². The van der Waals surface area contributed by atoms with Crippen LogP contribution in [0, 0.1) is 6.92 Å². The van der Waals surface area contributed by atoms with E-state index in [0.717, 1.165) is 0 Å². The summed E-state index contributed by atoms with van der Waals surface area (Å²) in [5.41, 5.74) is 0. The van der Waals surface area contributed by atoms with Crippen molar-refractivity contribution in [3.05, 3.63) is 11.6 Å². The van der Waals surface area contributed by atoms with Gasteiger partial charge in [-0.15, -0.1) is 5.10 Å². The molecule has 0 fully saturated rings. The molecular formula is C7H10F2N4O2. The van der Waals surface area contributed by atoms with Crippen LogP contribution in [-0.4, -0.2) is 45.3 Å². The number of hydrogen-bond donors (Lipinski definition) is 3. The Kier molecular flexibility index (Phi) is 3.30. The van der Waals surface area contributed by atoms with Crippen LogP contribution in [0.2, 0.25) is 0 Å². The van der Waals surface area contributed by atoms with Crippen molar-refractivity contribution in [3.63, 3.8) is 0 Å². The summed E-state index contributed by atoms with van der Waals surface area (Å²) in [6, 6.07) is 0. The van der Waals surface area contributed by atoms with Crippen molar-refractivity contribution in [2.75, 3.05) is 13.2 Å². The summed E-state index contributed by atoms with van der Waals surface area (Å²) in [5, 5.41) is 16.0. The molecular weight excluding hydrogens is 210 g/mol. The van der Waals surface area contributed by atoms with Gasteiger partial charge in [-0.1, -0.05) is 0 Å². The van der Waals surface area contributed by atoms with Crippen LogP contribution in [0.3, 0.4) is 0 Å². The molecule has 0 aliphatic heterocycles. The van der Waals surface area contributed by atoms with Gasteiger partial charge in [0.15, 0.2) is 0 Å². The molecule has 0 aliphatic carbocycles. The van der Waals surface area contributed by atoms with Crippen molar-refractivity contribution in [2.45, 2.75) is 12.8 Å². The summed E-state index contributed by atoms with van der Waals surface area (Å²) >= 11 is 0. The Morgan fingerprint density at radius 3 is 2.80 bits per heavy atom. The molecule has 1 amide bonds. The Hall–Kier alpha value is -1.57. The molecule has 0 aliphatic rings. The van der Waals surface area contributed by atoms with E-state index >= 15 is 0 Å². The van der Waals surface area contributed by atoms with Crippen molar-refractivity contribution < 1.29 is 18.7 Å². The summed E-state index contributed by atoms with van der Waals surface area (Å²) < 4.78 is 25.0. The number of amides is 1. The first-order valence-electron chi connectivity index (χ1n) is 4.10. The van der Waals surface area contributed by atoms with Crippen LogP contribution >= 0.6 is 0 Å². The van der Waals surface area contributed by atoms with Crippen molar-refractivity contribution >= 4 is 5.91 Å². The minimum absolute atomic E-state index is 0.207. The maximum Gasteiger partial charge on any atom is 0.291 e. The zero-order valence-corrected chi connectivity index (χ0v) is 7.92. The monoisotopic (exact) mass is 220 g/mol. The van der Waals surface area contributed by atoms with Crippen LogP contribution in [0.25, 0.3) is 0 Å². The molecule has 0 saturated heterocycles. The average molecular weight is 220 g/mol. The fourth-order valence-corrected chi connectivity index (χ4v) is 0.789. The van der Waals surface area contributed by atoms with Gasteiger partial charge in [0.1, 0.15) is 12.4 Å². The van der Waals surface area contributed by atoms with Crippen LogP contribution in [0.5, 0.6) is 0 Å². The molecule has 6 nitrogen and oxygen atoms in total. The van der Waals surface area contributed by atoms with Gasteiger partial charge in [-0.25, -0.2) is 13.8 Å². The van der Waals surface area contributed by atoms with Crippen LogP contribution in [0.1, 0.15) is 16.4 Å².